The second-order valence-corrected chi connectivity index (χ2v) is 5.23. The highest BCUT2D eigenvalue weighted by Crippen LogP contribution is 2.18. The van der Waals surface area contributed by atoms with Gasteiger partial charge in [-0.05, 0) is 44.7 Å². The molecule has 98 valence electrons. The van der Waals surface area contributed by atoms with Gasteiger partial charge in [0.25, 0.3) is 0 Å². The van der Waals surface area contributed by atoms with E-state index in [9.17, 15) is 4.79 Å². The first-order valence-corrected chi connectivity index (χ1v) is 6.81. The van der Waals surface area contributed by atoms with Gasteiger partial charge in [0.15, 0.2) is 0 Å². The Morgan fingerprint density at radius 2 is 2.12 bits per heavy atom. The fourth-order valence-electron chi connectivity index (χ4n) is 2.82. The second-order valence-electron chi connectivity index (χ2n) is 5.23. The topological polar surface area (TPSA) is 41.6 Å². The lowest BCUT2D eigenvalue weighted by Gasteiger charge is -2.33. The van der Waals surface area contributed by atoms with Crippen molar-refractivity contribution in [3.63, 3.8) is 0 Å². The van der Waals surface area contributed by atoms with Crippen molar-refractivity contribution in [1.82, 2.24) is 10.2 Å². The van der Waals surface area contributed by atoms with Gasteiger partial charge in [-0.2, -0.15) is 0 Å². The monoisotopic (exact) mass is 240 g/mol. The van der Waals surface area contributed by atoms with Crippen molar-refractivity contribution in [3.8, 4) is 0 Å². The van der Waals surface area contributed by atoms with Crippen LogP contribution in [0.3, 0.4) is 0 Å². The fraction of sp³-hybridized carbons (Fsp3) is 0.923. The quantitative estimate of drug-likeness (QED) is 0.800. The highest BCUT2D eigenvalue weighted by atomic mass is 16.5. The molecule has 2 saturated heterocycles. The summed E-state index contributed by atoms with van der Waals surface area (Å²) in [5, 5.41) is 3.37. The Morgan fingerprint density at radius 1 is 1.35 bits per heavy atom. The summed E-state index contributed by atoms with van der Waals surface area (Å²) >= 11 is 0. The molecule has 0 spiro atoms. The number of carbonyl (C=O) groups is 1. The van der Waals surface area contributed by atoms with Crippen LogP contribution in [-0.2, 0) is 9.53 Å². The molecule has 0 aliphatic carbocycles. The van der Waals surface area contributed by atoms with E-state index >= 15 is 0 Å². The minimum Gasteiger partial charge on any atom is -0.381 e. The van der Waals surface area contributed by atoms with Crippen molar-refractivity contribution < 1.29 is 9.53 Å². The molecule has 0 saturated carbocycles. The van der Waals surface area contributed by atoms with Crippen LogP contribution in [0.1, 0.15) is 32.1 Å². The number of piperidine rings is 2. The maximum absolute atomic E-state index is 12.1. The molecule has 2 heterocycles. The zero-order chi connectivity index (χ0) is 12.1. The van der Waals surface area contributed by atoms with Crippen molar-refractivity contribution in [2.45, 2.75) is 38.2 Å². The maximum Gasteiger partial charge on any atom is 0.222 e. The molecule has 4 heteroatoms. The van der Waals surface area contributed by atoms with Gasteiger partial charge in [0.2, 0.25) is 5.91 Å². The molecular formula is C13H24N2O2. The van der Waals surface area contributed by atoms with E-state index < -0.39 is 0 Å². The first-order valence-electron chi connectivity index (χ1n) is 6.81. The van der Waals surface area contributed by atoms with Crippen LogP contribution in [0, 0.1) is 5.92 Å². The number of rotatable bonds is 3. The molecule has 1 amide bonds. The van der Waals surface area contributed by atoms with Crippen LogP contribution in [-0.4, -0.2) is 50.2 Å². The highest BCUT2D eigenvalue weighted by Gasteiger charge is 2.25. The first kappa shape index (κ1) is 12.8. The molecule has 2 aliphatic heterocycles. The van der Waals surface area contributed by atoms with E-state index in [1.165, 1.54) is 12.8 Å². The molecule has 2 rings (SSSR count). The molecule has 0 aromatic carbocycles. The van der Waals surface area contributed by atoms with Crippen molar-refractivity contribution in [2.75, 3.05) is 33.3 Å². The second kappa shape index (κ2) is 6.36. The van der Waals surface area contributed by atoms with Crippen LogP contribution in [0.15, 0.2) is 0 Å². The van der Waals surface area contributed by atoms with E-state index in [-0.39, 0.29) is 0 Å². The van der Waals surface area contributed by atoms with Crippen LogP contribution < -0.4 is 5.32 Å². The first-order chi connectivity index (χ1) is 8.29. The summed E-state index contributed by atoms with van der Waals surface area (Å²) in [4.78, 5) is 14.1. The summed E-state index contributed by atoms with van der Waals surface area (Å²) < 4.78 is 5.32. The standard InChI is InChI=1S/C13H24N2O2/c1-17-12-4-7-15(8-5-12)13(16)9-11-3-2-6-14-10-11/h11-12,14H,2-10H2,1H3. The Labute approximate surface area is 104 Å². The molecule has 17 heavy (non-hydrogen) atoms. The van der Waals surface area contributed by atoms with Crippen LogP contribution in [0.2, 0.25) is 0 Å². The Morgan fingerprint density at radius 3 is 2.71 bits per heavy atom. The minimum absolute atomic E-state index is 0.341. The molecule has 0 aromatic heterocycles. The summed E-state index contributed by atoms with van der Waals surface area (Å²) in [7, 11) is 1.76. The van der Waals surface area contributed by atoms with Crippen molar-refractivity contribution in [2.24, 2.45) is 5.92 Å². The summed E-state index contributed by atoms with van der Waals surface area (Å²) in [6, 6.07) is 0. The molecule has 4 nitrogen and oxygen atoms in total. The molecule has 0 bridgehead atoms. The van der Waals surface area contributed by atoms with Crippen LogP contribution >= 0.6 is 0 Å². The van der Waals surface area contributed by atoms with Gasteiger partial charge in [-0.25, -0.2) is 0 Å². The van der Waals surface area contributed by atoms with Gasteiger partial charge >= 0.3 is 0 Å². The lowest BCUT2D eigenvalue weighted by Crippen LogP contribution is -2.42. The smallest absolute Gasteiger partial charge is 0.222 e. The number of carbonyl (C=O) groups excluding carboxylic acids is 1. The number of ether oxygens (including phenoxy) is 1. The number of hydrogen-bond donors (Lipinski definition) is 1. The number of nitrogens with one attached hydrogen (secondary N) is 1. The van der Waals surface area contributed by atoms with Crippen molar-refractivity contribution in [1.29, 1.82) is 0 Å². The largest absolute Gasteiger partial charge is 0.381 e. The third-order valence-corrected chi connectivity index (χ3v) is 3.99. The summed E-state index contributed by atoms with van der Waals surface area (Å²) in [5.74, 6) is 0.893. The predicted molar refractivity (Wildman–Crippen MR) is 66.8 cm³/mol. The Kier molecular flexibility index (Phi) is 4.80. The zero-order valence-corrected chi connectivity index (χ0v) is 10.8. The third-order valence-electron chi connectivity index (χ3n) is 3.99. The van der Waals surface area contributed by atoms with E-state index in [4.69, 9.17) is 4.74 Å². The summed E-state index contributed by atoms with van der Waals surface area (Å²) in [5.41, 5.74) is 0. The van der Waals surface area contributed by atoms with Gasteiger partial charge in [-0.1, -0.05) is 0 Å². The molecule has 1 N–H and O–H groups in total. The maximum atomic E-state index is 12.1. The Balaban J connectivity index is 1.72. The number of nitrogens with zero attached hydrogens (tertiary/aromatic N) is 1. The SMILES string of the molecule is COC1CCN(C(=O)CC2CCCNC2)CC1. The average molecular weight is 240 g/mol. The van der Waals surface area contributed by atoms with Crippen LogP contribution in [0.25, 0.3) is 0 Å². The zero-order valence-electron chi connectivity index (χ0n) is 10.8. The van der Waals surface area contributed by atoms with E-state index in [1.807, 2.05) is 4.90 Å². The van der Waals surface area contributed by atoms with E-state index in [0.29, 0.717) is 17.9 Å². The third kappa shape index (κ3) is 3.68. The number of methoxy groups -OCH3 is 1. The van der Waals surface area contributed by atoms with E-state index in [2.05, 4.69) is 5.32 Å². The summed E-state index contributed by atoms with van der Waals surface area (Å²) in [6.45, 7) is 3.87. The molecule has 1 atom stereocenters. The lowest BCUT2D eigenvalue weighted by atomic mass is 9.95. The minimum atomic E-state index is 0.341. The van der Waals surface area contributed by atoms with Gasteiger partial charge < -0.3 is 15.0 Å². The molecule has 2 fully saturated rings. The number of amides is 1. The Hall–Kier alpha value is -0.610. The lowest BCUT2D eigenvalue weighted by molar-refractivity contribution is -0.134. The predicted octanol–water partition coefficient (Wildman–Crippen LogP) is 1.01. The molecule has 0 radical (unpaired) electrons. The highest BCUT2D eigenvalue weighted by molar-refractivity contribution is 5.76. The molecule has 1 unspecified atom stereocenters. The normalized spacial score (nSPS) is 27.1. The molecular weight excluding hydrogens is 216 g/mol. The fourth-order valence-corrected chi connectivity index (χ4v) is 2.82. The van der Waals surface area contributed by atoms with Crippen molar-refractivity contribution >= 4 is 5.91 Å². The van der Waals surface area contributed by atoms with Gasteiger partial charge in [0, 0.05) is 26.6 Å². The molecule has 2 aliphatic rings. The van der Waals surface area contributed by atoms with E-state index in [1.54, 1.807) is 7.11 Å². The van der Waals surface area contributed by atoms with Crippen LogP contribution in [0.5, 0.6) is 0 Å². The van der Waals surface area contributed by atoms with Crippen LogP contribution in [0.4, 0.5) is 0 Å². The summed E-state index contributed by atoms with van der Waals surface area (Å²) in [6.07, 6.45) is 5.48. The van der Waals surface area contributed by atoms with Crippen molar-refractivity contribution in [3.05, 3.63) is 0 Å². The van der Waals surface area contributed by atoms with Gasteiger partial charge in [0.05, 0.1) is 6.10 Å². The van der Waals surface area contributed by atoms with Gasteiger partial charge in [-0.15, -0.1) is 0 Å². The Bertz CT molecular complexity index is 244. The van der Waals surface area contributed by atoms with Gasteiger partial charge in [0.1, 0.15) is 0 Å². The van der Waals surface area contributed by atoms with E-state index in [0.717, 1.165) is 45.4 Å². The molecule has 0 aromatic rings. The van der Waals surface area contributed by atoms with Gasteiger partial charge in [-0.3, -0.25) is 4.79 Å². The number of likely N-dealkylation sites (tertiary alicyclic amines) is 1. The average Bonchev–Trinajstić information content (AvgIpc) is 2.40. The number of hydrogen-bond acceptors (Lipinski definition) is 3.